The lowest BCUT2D eigenvalue weighted by Gasteiger charge is -2.17. The highest BCUT2D eigenvalue weighted by Crippen LogP contribution is 2.32. The van der Waals surface area contributed by atoms with E-state index in [9.17, 15) is 9.90 Å². The lowest BCUT2D eigenvalue weighted by atomic mass is 10.1. The molecule has 1 aliphatic rings. The molecule has 0 bridgehead atoms. The molecule has 21 heavy (non-hydrogen) atoms. The third kappa shape index (κ3) is 2.61. The van der Waals surface area contributed by atoms with Gasteiger partial charge in [-0.1, -0.05) is 31.2 Å². The van der Waals surface area contributed by atoms with E-state index in [0.717, 1.165) is 22.4 Å². The van der Waals surface area contributed by atoms with Gasteiger partial charge in [-0.15, -0.1) is 11.3 Å². The van der Waals surface area contributed by atoms with Crippen molar-refractivity contribution in [3.05, 3.63) is 56.8 Å². The smallest absolute Gasteiger partial charge is 0.261 e. The van der Waals surface area contributed by atoms with Gasteiger partial charge in [-0.2, -0.15) is 0 Å². The summed E-state index contributed by atoms with van der Waals surface area (Å²) in [5.41, 5.74) is 3.31. The van der Waals surface area contributed by atoms with Crippen LogP contribution in [0.25, 0.3) is 0 Å². The summed E-state index contributed by atoms with van der Waals surface area (Å²) in [5.74, 6) is -0.0939. The Morgan fingerprint density at radius 3 is 2.90 bits per heavy atom. The van der Waals surface area contributed by atoms with Crippen molar-refractivity contribution in [2.24, 2.45) is 0 Å². The second kappa shape index (κ2) is 5.62. The molecule has 2 N–H and O–H groups in total. The second-order valence-corrected chi connectivity index (χ2v) is 6.63. The maximum absolute atomic E-state index is 12.4. The molecule has 110 valence electrons. The first-order chi connectivity index (χ1) is 10.1. The molecule has 1 aromatic heterocycles. The first-order valence-corrected chi connectivity index (χ1v) is 8.07. The van der Waals surface area contributed by atoms with E-state index in [-0.39, 0.29) is 11.9 Å². The van der Waals surface area contributed by atoms with Crippen molar-refractivity contribution >= 4 is 17.2 Å². The van der Waals surface area contributed by atoms with Gasteiger partial charge in [-0.3, -0.25) is 4.79 Å². The molecule has 1 aromatic carbocycles. The molecule has 0 fully saturated rings. The zero-order valence-corrected chi connectivity index (χ0v) is 13.0. The number of aliphatic hydroxyl groups excluding tert-OH is 1. The number of fused-ring (bicyclic) bond motifs is 1. The van der Waals surface area contributed by atoms with Crippen LogP contribution >= 0.6 is 11.3 Å². The highest BCUT2D eigenvalue weighted by Gasteiger charge is 2.32. The minimum atomic E-state index is -0.543. The molecule has 3 rings (SSSR count). The van der Waals surface area contributed by atoms with E-state index in [0.29, 0.717) is 6.42 Å². The fraction of sp³-hybridized carbons (Fsp3) is 0.353. The number of hydrogen-bond acceptors (Lipinski definition) is 3. The molecule has 1 aliphatic carbocycles. The Balaban J connectivity index is 1.81. The van der Waals surface area contributed by atoms with Crippen LogP contribution in [0.2, 0.25) is 0 Å². The Morgan fingerprint density at radius 2 is 2.19 bits per heavy atom. The summed E-state index contributed by atoms with van der Waals surface area (Å²) in [7, 11) is 0. The molecule has 2 unspecified atom stereocenters. The number of rotatable bonds is 3. The van der Waals surface area contributed by atoms with Gasteiger partial charge < -0.3 is 10.4 Å². The van der Waals surface area contributed by atoms with E-state index in [4.69, 9.17) is 0 Å². The number of benzene rings is 1. The van der Waals surface area contributed by atoms with E-state index in [2.05, 4.69) is 12.2 Å². The average molecular weight is 301 g/mol. The van der Waals surface area contributed by atoms with Gasteiger partial charge in [0.05, 0.1) is 17.0 Å². The van der Waals surface area contributed by atoms with Gasteiger partial charge in [-0.25, -0.2) is 0 Å². The normalized spacial score (nSPS) is 20.3. The van der Waals surface area contributed by atoms with Crippen molar-refractivity contribution in [3.8, 4) is 0 Å². The highest BCUT2D eigenvalue weighted by atomic mass is 32.1. The van der Waals surface area contributed by atoms with E-state index in [1.54, 1.807) is 0 Å². The number of aryl methyl sites for hydroxylation is 2. The van der Waals surface area contributed by atoms with E-state index < -0.39 is 6.10 Å². The molecule has 0 saturated carbocycles. The molecule has 0 radical (unpaired) electrons. The molecule has 4 heteroatoms. The number of aliphatic hydroxyl groups is 1. The minimum Gasteiger partial charge on any atom is -0.390 e. The van der Waals surface area contributed by atoms with Crippen molar-refractivity contribution in [1.29, 1.82) is 0 Å². The van der Waals surface area contributed by atoms with Crippen LogP contribution in [0.4, 0.5) is 0 Å². The van der Waals surface area contributed by atoms with Crippen LogP contribution in [-0.4, -0.2) is 17.1 Å². The molecule has 0 aliphatic heterocycles. The third-order valence-electron chi connectivity index (χ3n) is 4.06. The van der Waals surface area contributed by atoms with Gasteiger partial charge in [0.2, 0.25) is 0 Å². The zero-order valence-electron chi connectivity index (χ0n) is 12.2. The summed E-state index contributed by atoms with van der Waals surface area (Å²) >= 11 is 1.54. The maximum Gasteiger partial charge on any atom is 0.261 e. The lowest BCUT2D eigenvalue weighted by molar-refractivity contribution is 0.0862. The van der Waals surface area contributed by atoms with Crippen molar-refractivity contribution in [2.75, 3.05) is 0 Å². The van der Waals surface area contributed by atoms with E-state index >= 15 is 0 Å². The Bertz CT molecular complexity index is 677. The van der Waals surface area contributed by atoms with Crippen molar-refractivity contribution < 1.29 is 9.90 Å². The molecular weight excluding hydrogens is 282 g/mol. The summed E-state index contributed by atoms with van der Waals surface area (Å²) in [6.45, 7) is 4.13. The van der Waals surface area contributed by atoms with Gasteiger partial charge in [0.15, 0.2) is 0 Å². The summed E-state index contributed by atoms with van der Waals surface area (Å²) in [5, 5.41) is 13.2. The van der Waals surface area contributed by atoms with Gasteiger partial charge in [0.25, 0.3) is 5.91 Å². The quantitative estimate of drug-likeness (QED) is 0.915. The Kier molecular flexibility index (Phi) is 3.83. The van der Waals surface area contributed by atoms with Gasteiger partial charge in [0.1, 0.15) is 0 Å². The zero-order chi connectivity index (χ0) is 15.0. The van der Waals surface area contributed by atoms with Crippen LogP contribution in [0.5, 0.6) is 0 Å². The number of amides is 1. The number of hydrogen-bond donors (Lipinski definition) is 2. The van der Waals surface area contributed by atoms with Crippen LogP contribution in [0.15, 0.2) is 30.3 Å². The summed E-state index contributed by atoms with van der Waals surface area (Å²) in [6, 6.07) is 9.53. The van der Waals surface area contributed by atoms with Crippen LogP contribution in [-0.2, 0) is 12.8 Å². The number of carbonyl (C=O) groups is 1. The first-order valence-electron chi connectivity index (χ1n) is 7.26. The molecule has 2 atom stereocenters. The maximum atomic E-state index is 12.4. The molecule has 0 spiro atoms. The largest absolute Gasteiger partial charge is 0.390 e. The topological polar surface area (TPSA) is 49.3 Å². The SMILES string of the molecule is CCc1sc(C(=O)NC2c3ccccc3CC2O)cc1C. The number of carbonyl (C=O) groups excluding carboxylic acids is 1. The van der Waals surface area contributed by atoms with Gasteiger partial charge in [0, 0.05) is 11.3 Å². The molecule has 1 amide bonds. The fourth-order valence-electron chi connectivity index (χ4n) is 2.94. The number of thiophene rings is 1. The van der Waals surface area contributed by atoms with Crippen LogP contribution in [0.1, 0.15) is 44.2 Å². The molecule has 2 aromatic rings. The third-order valence-corrected chi connectivity index (χ3v) is 5.44. The Labute approximate surface area is 128 Å². The van der Waals surface area contributed by atoms with Gasteiger partial charge >= 0.3 is 0 Å². The monoisotopic (exact) mass is 301 g/mol. The second-order valence-electron chi connectivity index (χ2n) is 5.49. The molecule has 0 saturated heterocycles. The van der Waals surface area contributed by atoms with Crippen molar-refractivity contribution in [3.63, 3.8) is 0 Å². The van der Waals surface area contributed by atoms with E-state index in [1.807, 2.05) is 37.3 Å². The standard InChI is InChI=1S/C17H19NO2S/c1-3-14-10(2)8-15(21-14)17(20)18-16-12-7-5-4-6-11(12)9-13(16)19/h4-8,13,16,19H,3,9H2,1-2H3,(H,18,20). The Hall–Kier alpha value is -1.65. The molecular formula is C17H19NO2S. The minimum absolute atomic E-state index is 0.0939. The molecule has 1 heterocycles. The summed E-state index contributed by atoms with van der Waals surface area (Å²) in [6.07, 6.45) is 1.00. The number of nitrogens with one attached hydrogen (secondary N) is 1. The predicted octanol–water partition coefficient (Wildman–Crippen LogP) is 3.01. The summed E-state index contributed by atoms with van der Waals surface area (Å²) in [4.78, 5) is 14.4. The van der Waals surface area contributed by atoms with E-state index in [1.165, 1.54) is 21.8 Å². The highest BCUT2D eigenvalue weighted by molar-refractivity contribution is 7.14. The van der Waals surface area contributed by atoms with Crippen LogP contribution in [0, 0.1) is 6.92 Å². The van der Waals surface area contributed by atoms with Crippen molar-refractivity contribution in [1.82, 2.24) is 5.32 Å². The molecule has 3 nitrogen and oxygen atoms in total. The average Bonchev–Trinajstić information content (AvgIpc) is 3.00. The first kappa shape index (κ1) is 14.3. The lowest BCUT2D eigenvalue weighted by Crippen LogP contribution is -2.33. The van der Waals surface area contributed by atoms with Crippen LogP contribution in [0.3, 0.4) is 0 Å². The van der Waals surface area contributed by atoms with Crippen LogP contribution < -0.4 is 5.32 Å². The van der Waals surface area contributed by atoms with Crippen molar-refractivity contribution in [2.45, 2.75) is 38.8 Å². The predicted molar refractivity (Wildman–Crippen MR) is 84.8 cm³/mol. The fourth-order valence-corrected chi connectivity index (χ4v) is 3.96. The Morgan fingerprint density at radius 1 is 1.43 bits per heavy atom. The summed E-state index contributed by atoms with van der Waals surface area (Å²) < 4.78 is 0. The van der Waals surface area contributed by atoms with Gasteiger partial charge in [-0.05, 0) is 36.1 Å².